The maximum atomic E-state index is 13.7. The van der Waals surface area contributed by atoms with Crippen LogP contribution in [0.1, 0.15) is 17.4 Å². The zero-order valence-corrected chi connectivity index (χ0v) is 15.1. The summed E-state index contributed by atoms with van der Waals surface area (Å²) < 4.78 is 41.7. The fourth-order valence-electron chi connectivity index (χ4n) is 2.55. The topological polar surface area (TPSA) is 46.9 Å². The van der Waals surface area contributed by atoms with Gasteiger partial charge in [-0.2, -0.15) is 0 Å². The van der Waals surface area contributed by atoms with Crippen LogP contribution < -0.4 is 5.32 Å². The van der Waals surface area contributed by atoms with E-state index in [4.69, 9.17) is 0 Å². The van der Waals surface area contributed by atoms with Gasteiger partial charge in [0, 0.05) is 30.4 Å². The van der Waals surface area contributed by atoms with E-state index < -0.39 is 17.7 Å². The third kappa shape index (κ3) is 4.71. The summed E-state index contributed by atoms with van der Waals surface area (Å²) in [6.45, 7) is 0. The summed E-state index contributed by atoms with van der Waals surface area (Å²) in [5.41, 5.74) is 0.664. The summed E-state index contributed by atoms with van der Waals surface area (Å²) in [7, 11) is 1.79. The molecule has 1 atom stereocenters. The van der Waals surface area contributed by atoms with E-state index in [0.717, 1.165) is 23.9 Å². The van der Waals surface area contributed by atoms with Crippen molar-refractivity contribution in [3.05, 3.63) is 83.7 Å². The number of nitrogens with one attached hydrogen (secondary N) is 1. The molecule has 2 aromatic carbocycles. The normalized spacial score (nSPS) is 12.0. The first-order chi connectivity index (χ1) is 12.9. The number of nitrogens with zero attached hydrogens (tertiary/aromatic N) is 2. The molecule has 0 saturated heterocycles. The van der Waals surface area contributed by atoms with E-state index >= 15 is 0 Å². The van der Waals surface area contributed by atoms with Gasteiger partial charge in [0.1, 0.15) is 29.3 Å². The number of aromatic nitrogens is 2. The average Bonchev–Trinajstić information content (AvgIpc) is 3.05. The third-order valence-corrected chi connectivity index (χ3v) is 4.93. The van der Waals surface area contributed by atoms with Gasteiger partial charge in [-0.15, -0.1) is 11.8 Å². The van der Waals surface area contributed by atoms with E-state index in [1.807, 2.05) is 0 Å². The number of thioether (sulfide) groups is 1. The van der Waals surface area contributed by atoms with Crippen LogP contribution in [0.25, 0.3) is 0 Å². The van der Waals surface area contributed by atoms with Gasteiger partial charge < -0.3 is 9.88 Å². The number of carbonyl (C=O) groups excluding carboxylic acids is 1. The zero-order valence-electron chi connectivity index (χ0n) is 14.3. The lowest BCUT2D eigenvalue weighted by Crippen LogP contribution is -2.32. The van der Waals surface area contributed by atoms with Crippen LogP contribution in [0.3, 0.4) is 0 Å². The molecular formula is C19H16F3N3OS. The molecule has 1 aromatic heterocycles. The summed E-state index contributed by atoms with van der Waals surface area (Å²) in [6.07, 6.45) is 3.33. The molecule has 27 heavy (non-hydrogen) atoms. The molecule has 8 heteroatoms. The van der Waals surface area contributed by atoms with Crippen LogP contribution in [0.15, 0.2) is 59.8 Å². The predicted octanol–water partition coefficient (Wildman–Crippen LogP) is 3.84. The summed E-state index contributed by atoms with van der Waals surface area (Å²) in [4.78, 5) is 16.9. The van der Waals surface area contributed by atoms with Crippen molar-refractivity contribution in [3.8, 4) is 0 Å². The minimum Gasteiger partial charge on any atom is -0.341 e. The van der Waals surface area contributed by atoms with Crippen LogP contribution >= 0.6 is 11.8 Å². The van der Waals surface area contributed by atoms with Gasteiger partial charge in [-0.05, 0) is 29.8 Å². The first-order valence-corrected chi connectivity index (χ1v) is 9.02. The van der Waals surface area contributed by atoms with Crippen LogP contribution in [0.4, 0.5) is 13.2 Å². The maximum absolute atomic E-state index is 13.7. The van der Waals surface area contributed by atoms with E-state index in [-0.39, 0.29) is 22.4 Å². The van der Waals surface area contributed by atoms with Gasteiger partial charge >= 0.3 is 0 Å². The van der Waals surface area contributed by atoms with Crippen LogP contribution in [0.5, 0.6) is 0 Å². The molecule has 1 unspecified atom stereocenters. The Hall–Kier alpha value is -2.74. The van der Waals surface area contributed by atoms with Crippen molar-refractivity contribution >= 4 is 17.7 Å². The Labute approximate surface area is 158 Å². The lowest BCUT2D eigenvalue weighted by Gasteiger charge is -2.19. The Morgan fingerprint density at radius 1 is 1.15 bits per heavy atom. The highest BCUT2D eigenvalue weighted by molar-refractivity contribution is 8.00. The molecule has 1 N–H and O–H groups in total. The van der Waals surface area contributed by atoms with Gasteiger partial charge in [-0.3, -0.25) is 4.79 Å². The Bertz CT molecular complexity index is 944. The Morgan fingerprint density at radius 3 is 2.48 bits per heavy atom. The quantitative estimate of drug-likeness (QED) is 0.650. The van der Waals surface area contributed by atoms with Gasteiger partial charge in [0.25, 0.3) is 0 Å². The van der Waals surface area contributed by atoms with Crippen molar-refractivity contribution in [2.24, 2.45) is 7.05 Å². The van der Waals surface area contributed by atoms with Crippen molar-refractivity contribution in [2.45, 2.75) is 10.9 Å². The minimum absolute atomic E-state index is 0.0648. The van der Waals surface area contributed by atoms with Crippen molar-refractivity contribution in [3.63, 3.8) is 0 Å². The molecule has 0 aliphatic carbocycles. The highest BCUT2D eigenvalue weighted by Crippen LogP contribution is 2.24. The molecule has 0 aliphatic rings. The molecule has 4 nitrogen and oxygen atoms in total. The van der Waals surface area contributed by atoms with Crippen LogP contribution in [-0.2, 0) is 11.8 Å². The van der Waals surface area contributed by atoms with E-state index in [0.29, 0.717) is 11.4 Å². The standard InChI is InChI=1S/C19H16F3N3OS/c1-25-9-8-23-19(25)18(12-2-4-13(20)5-3-12)24-17(26)11-27-16-7-6-14(21)10-15(16)22/h2-10,18H,11H2,1H3,(H,24,26). The molecule has 3 aromatic rings. The number of amides is 1. The van der Waals surface area contributed by atoms with Gasteiger partial charge in [0.2, 0.25) is 5.91 Å². The highest BCUT2D eigenvalue weighted by Gasteiger charge is 2.21. The molecule has 0 spiro atoms. The largest absolute Gasteiger partial charge is 0.341 e. The molecule has 1 heterocycles. The lowest BCUT2D eigenvalue weighted by molar-refractivity contribution is -0.119. The monoisotopic (exact) mass is 391 g/mol. The molecule has 3 rings (SSSR count). The SMILES string of the molecule is Cn1ccnc1C(NC(=O)CSc1ccc(F)cc1F)c1ccc(F)cc1. The van der Waals surface area contributed by atoms with Gasteiger partial charge in [0.15, 0.2) is 0 Å². The van der Waals surface area contributed by atoms with Gasteiger partial charge in [0.05, 0.1) is 5.75 Å². The molecule has 140 valence electrons. The van der Waals surface area contributed by atoms with E-state index in [9.17, 15) is 18.0 Å². The fraction of sp³-hybridized carbons (Fsp3) is 0.158. The van der Waals surface area contributed by atoms with E-state index in [1.54, 1.807) is 36.1 Å². The Kier molecular flexibility index (Phi) is 5.85. The van der Waals surface area contributed by atoms with Crippen molar-refractivity contribution in [1.82, 2.24) is 14.9 Å². The Balaban J connectivity index is 1.74. The molecular weight excluding hydrogens is 375 g/mol. The number of aryl methyl sites for hydroxylation is 1. The zero-order chi connectivity index (χ0) is 19.4. The second-order valence-electron chi connectivity index (χ2n) is 5.81. The summed E-state index contributed by atoms with van der Waals surface area (Å²) in [5.74, 6) is -1.62. The number of carbonyl (C=O) groups is 1. The Morgan fingerprint density at radius 2 is 1.85 bits per heavy atom. The fourth-order valence-corrected chi connectivity index (χ4v) is 3.28. The van der Waals surface area contributed by atoms with Crippen LogP contribution in [0, 0.1) is 17.5 Å². The molecule has 0 aliphatic heterocycles. The van der Waals surface area contributed by atoms with Crippen molar-refractivity contribution in [1.29, 1.82) is 0 Å². The molecule has 0 saturated carbocycles. The number of rotatable bonds is 6. The molecule has 0 bridgehead atoms. The van der Waals surface area contributed by atoms with Crippen molar-refractivity contribution in [2.75, 3.05) is 5.75 Å². The van der Waals surface area contributed by atoms with E-state index in [1.165, 1.54) is 18.2 Å². The van der Waals surface area contributed by atoms with Crippen molar-refractivity contribution < 1.29 is 18.0 Å². The van der Waals surface area contributed by atoms with E-state index in [2.05, 4.69) is 10.3 Å². The number of halogens is 3. The third-order valence-electron chi connectivity index (χ3n) is 3.88. The lowest BCUT2D eigenvalue weighted by atomic mass is 10.1. The smallest absolute Gasteiger partial charge is 0.231 e. The first-order valence-electron chi connectivity index (χ1n) is 8.04. The molecule has 0 radical (unpaired) electrons. The summed E-state index contributed by atoms with van der Waals surface area (Å²) in [6, 6.07) is 8.37. The van der Waals surface area contributed by atoms with Crippen LogP contribution in [0.2, 0.25) is 0 Å². The second kappa shape index (κ2) is 8.30. The predicted molar refractivity (Wildman–Crippen MR) is 96.7 cm³/mol. The first kappa shape index (κ1) is 19.0. The summed E-state index contributed by atoms with van der Waals surface area (Å²) in [5, 5.41) is 2.84. The van der Waals surface area contributed by atoms with Gasteiger partial charge in [-0.25, -0.2) is 18.2 Å². The number of imidazole rings is 1. The van der Waals surface area contributed by atoms with Gasteiger partial charge in [-0.1, -0.05) is 12.1 Å². The summed E-state index contributed by atoms with van der Waals surface area (Å²) >= 11 is 0.964. The molecule has 1 amide bonds. The average molecular weight is 391 g/mol. The highest BCUT2D eigenvalue weighted by atomic mass is 32.2. The maximum Gasteiger partial charge on any atom is 0.231 e. The van der Waals surface area contributed by atoms with Crippen LogP contribution in [-0.4, -0.2) is 21.2 Å². The second-order valence-corrected chi connectivity index (χ2v) is 6.83. The number of benzene rings is 2. The minimum atomic E-state index is -0.716. The number of hydrogen-bond donors (Lipinski definition) is 1. The molecule has 0 fully saturated rings. The number of hydrogen-bond acceptors (Lipinski definition) is 3.